The van der Waals surface area contributed by atoms with Crippen LogP contribution >= 0.6 is 0 Å². The lowest BCUT2D eigenvalue weighted by atomic mass is 10.3. The molecule has 0 unspecified atom stereocenters. The molecule has 0 radical (unpaired) electrons. The second kappa shape index (κ2) is 3.48. The maximum atomic E-state index is 8.78. The summed E-state index contributed by atoms with van der Waals surface area (Å²) < 4.78 is 4.34. The molecule has 0 aromatic carbocycles. The second-order valence-corrected chi connectivity index (χ2v) is 1.78. The average Bonchev–Trinajstić information content (AvgIpc) is 1.64. The van der Waals surface area contributed by atoms with Gasteiger partial charge in [-0.15, -0.1) is 0 Å². The molecule has 0 atom stereocenters. The number of rotatable bonds is 4. The van der Waals surface area contributed by atoms with Crippen LogP contribution in [-0.2, 0) is 4.74 Å². The van der Waals surface area contributed by atoms with Gasteiger partial charge in [0.2, 0.25) is 0 Å². The smallest absolute Gasteiger partial charge is 0.321 e. The molecule has 0 aliphatic heterocycles. The number of hydrogen-bond acceptors (Lipinski definition) is 3. The molecule has 0 bridgehead atoms. The summed E-state index contributed by atoms with van der Waals surface area (Å²) in [4.78, 5) is 0. The standard InChI is InChI=1S/C6H12O3/c1-3-5-6(7,8)9-4-2/h4,7-8H,2-3,5H2,1H3. The second-order valence-electron chi connectivity index (χ2n) is 1.78. The Morgan fingerprint density at radius 3 is 2.56 bits per heavy atom. The van der Waals surface area contributed by atoms with Crippen molar-refractivity contribution in [1.82, 2.24) is 0 Å². The van der Waals surface area contributed by atoms with Gasteiger partial charge < -0.3 is 14.9 Å². The Morgan fingerprint density at radius 1 is 1.67 bits per heavy atom. The summed E-state index contributed by atoms with van der Waals surface area (Å²) in [5, 5.41) is 17.6. The lowest BCUT2D eigenvalue weighted by Crippen LogP contribution is -2.29. The van der Waals surface area contributed by atoms with E-state index in [1.165, 1.54) is 0 Å². The molecule has 0 aromatic rings. The summed E-state index contributed by atoms with van der Waals surface area (Å²) in [7, 11) is 0. The van der Waals surface area contributed by atoms with Crippen LogP contribution in [0.1, 0.15) is 19.8 Å². The van der Waals surface area contributed by atoms with Crippen LogP contribution in [0.2, 0.25) is 0 Å². The molecule has 54 valence electrons. The van der Waals surface area contributed by atoms with E-state index >= 15 is 0 Å². The SMILES string of the molecule is C=COC(O)(O)CCC. The van der Waals surface area contributed by atoms with Crippen molar-refractivity contribution in [2.24, 2.45) is 0 Å². The minimum atomic E-state index is -2.02. The Hall–Kier alpha value is -0.540. The Balaban J connectivity index is 3.55. The number of ether oxygens (including phenoxy) is 1. The molecule has 0 saturated heterocycles. The Morgan fingerprint density at radius 2 is 2.22 bits per heavy atom. The van der Waals surface area contributed by atoms with E-state index in [1.54, 1.807) is 0 Å². The van der Waals surface area contributed by atoms with Crippen molar-refractivity contribution < 1.29 is 14.9 Å². The van der Waals surface area contributed by atoms with E-state index in [9.17, 15) is 0 Å². The molecule has 0 amide bonds. The van der Waals surface area contributed by atoms with Gasteiger partial charge in [0.05, 0.1) is 6.26 Å². The molecule has 2 N–H and O–H groups in total. The first-order valence-corrected chi connectivity index (χ1v) is 2.86. The summed E-state index contributed by atoms with van der Waals surface area (Å²) in [6, 6.07) is 0. The summed E-state index contributed by atoms with van der Waals surface area (Å²) in [6.45, 7) is 5.01. The van der Waals surface area contributed by atoms with Crippen LogP contribution in [0.25, 0.3) is 0 Å². The molecule has 0 aliphatic rings. The van der Waals surface area contributed by atoms with Crippen molar-refractivity contribution in [2.75, 3.05) is 0 Å². The van der Waals surface area contributed by atoms with Crippen LogP contribution in [0.4, 0.5) is 0 Å². The Bertz CT molecular complexity index is 88.3. The highest BCUT2D eigenvalue weighted by atomic mass is 16.8. The highest BCUT2D eigenvalue weighted by Gasteiger charge is 2.21. The minimum absolute atomic E-state index is 0.193. The Kier molecular flexibility index (Phi) is 3.27. The van der Waals surface area contributed by atoms with Crippen LogP contribution in [0.3, 0.4) is 0 Å². The number of hydrogen-bond donors (Lipinski definition) is 2. The van der Waals surface area contributed by atoms with Crippen LogP contribution < -0.4 is 0 Å². The quantitative estimate of drug-likeness (QED) is 0.434. The third-order valence-corrected chi connectivity index (χ3v) is 0.848. The maximum Gasteiger partial charge on any atom is 0.321 e. The zero-order chi connectivity index (χ0) is 7.33. The first-order chi connectivity index (χ1) is 4.12. The number of aliphatic hydroxyl groups is 2. The fraction of sp³-hybridized carbons (Fsp3) is 0.667. The molecule has 0 fully saturated rings. The van der Waals surface area contributed by atoms with Crippen LogP contribution in [0, 0.1) is 0 Å². The molecule has 0 aliphatic carbocycles. The van der Waals surface area contributed by atoms with Gasteiger partial charge in [-0.1, -0.05) is 13.5 Å². The average molecular weight is 132 g/mol. The molecule has 3 heteroatoms. The molecular formula is C6H12O3. The lowest BCUT2D eigenvalue weighted by molar-refractivity contribution is -0.316. The molecule has 0 spiro atoms. The normalized spacial score (nSPS) is 11.0. The molecule has 0 aromatic heterocycles. The first-order valence-electron chi connectivity index (χ1n) is 2.86. The highest BCUT2D eigenvalue weighted by Crippen LogP contribution is 2.09. The van der Waals surface area contributed by atoms with Gasteiger partial charge in [0.1, 0.15) is 0 Å². The van der Waals surface area contributed by atoms with Gasteiger partial charge in [-0.2, -0.15) is 0 Å². The van der Waals surface area contributed by atoms with E-state index in [4.69, 9.17) is 10.2 Å². The van der Waals surface area contributed by atoms with Crippen LogP contribution in [-0.4, -0.2) is 16.2 Å². The third-order valence-electron chi connectivity index (χ3n) is 0.848. The van der Waals surface area contributed by atoms with E-state index in [2.05, 4.69) is 11.3 Å². The summed E-state index contributed by atoms with van der Waals surface area (Å²) in [6.07, 6.45) is 1.86. The topological polar surface area (TPSA) is 49.7 Å². The predicted octanol–water partition coefficient (Wildman–Crippen LogP) is 0.585. The van der Waals surface area contributed by atoms with E-state index < -0.39 is 5.97 Å². The zero-order valence-electron chi connectivity index (χ0n) is 5.50. The Labute approximate surface area is 54.6 Å². The zero-order valence-corrected chi connectivity index (χ0v) is 5.50. The van der Waals surface area contributed by atoms with E-state index in [0.29, 0.717) is 6.42 Å². The third kappa shape index (κ3) is 4.00. The van der Waals surface area contributed by atoms with Crippen molar-refractivity contribution in [3.8, 4) is 0 Å². The highest BCUT2D eigenvalue weighted by molar-refractivity contribution is 4.56. The van der Waals surface area contributed by atoms with Gasteiger partial charge in [-0.25, -0.2) is 0 Å². The van der Waals surface area contributed by atoms with Crippen molar-refractivity contribution in [3.63, 3.8) is 0 Å². The van der Waals surface area contributed by atoms with E-state index in [1.807, 2.05) is 6.92 Å². The van der Waals surface area contributed by atoms with Gasteiger partial charge in [-0.05, 0) is 6.42 Å². The van der Waals surface area contributed by atoms with Gasteiger partial charge in [0.25, 0.3) is 0 Å². The van der Waals surface area contributed by atoms with Gasteiger partial charge in [-0.3, -0.25) is 0 Å². The summed E-state index contributed by atoms with van der Waals surface area (Å²) in [5.74, 6) is -2.02. The molecule has 0 saturated carbocycles. The predicted molar refractivity (Wildman–Crippen MR) is 33.4 cm³/mol. The fourth-order valence-corrected chi connectivity index (χ4v) is 0.518. The lowest BCUT2D eigenvalue weighted by Gasteiger charge is -2.18. The largest absolute Gasteiger partial charge is 0.448 e. The van der Waals surface area contributed by atoms with Crippen molar-refractivity contribution in [2.45, 2.75) is 25.7 Å². The van der Waals surface area contributed by atoms with Crippen LogP contribution in [0.5, 0.6) is 0 Å². The van der Waals surface area contributed by atoms with Crippen molar-refractivity contribution >= 4 is 0 Å². The van der Waals surface area contributed by atoms with Gasteiger partial charge in [0, 0.05) is 6.42 Å². The van der Waals surface area contributed by atoms with Gasteiger partial charge >= 0.3 is 5.97 Å². The van der Waals surface area contributed by atoms with E-state index in [0.717, 1.165) is 6.26 Å². The summed E-state index contributed by atoms with van der Waals surface area (Å²) in [5.41, 5.74) is 0. The maximum absolute atomic E-state index is 8.78. The monoisotopic (exact) mass is 132 g/mol. The first kappa shape index (κ1) is 8.46. The van der Waals surface area contributed by atoms with Crippen LogP contribution in [0.15, 0.2) is 12.8 Å². The molecule has 0 rings (SSSR count). The molecule has 9 heavy (non-hydrogen) atoms. The molecule has 3 nitrogen and oxygen atoms in total. The molecule has 0 heterocycles. The molecular weight excluding hydrogens is 120 g/mol. The fourth-order valence-electron chi connectivity index (χ4n) is 0.518. The van der Waals surface area contributed by atoms with Crippen molar-refractivity contribution in [1.29, 1.82) is 0 Å². The summed E-state index contributed by atoms with van der Waals surface area (Å²) >= 11 is 0. The van der Waals surface area contributed by atoms with Gasteiger partial charge in [0.15, 0.2) is 0 Å². The van der Waals surface area contributed by atoms with Crippen molar-refractivity contribution in [3.05, 3.63) is 12.8 Å². The minimum Gasteiger partial charge on any atom is -0.448 e. The van der Waals surface area contributed by atoms with E-state index in [-0.39, 0.29) is 6.42 Å².